The van der Waals surface area contributed by atoms with Crippen LogP contribution >= 0.6 is 0 Å². The fourth-order valence-corrected chi connectivity index (χ4v) is 7.64. The van der Waals surface area contributed by atoms with Gasteiger partial charge in [-0.2, -0.15) is 0 Å². The number of carboxylic acid groups (broad SMARTS) is 2. The first-order valence-electron chi connectivity index (χ1n) is 24.6. The number of nitrogens with zero attached hydrogens (tertiary/aromatic N) is 2. The number of carbonyl (C=O) groups is 2. The molecule has 0 amide bonds. The molecular formula is C52H96CaN2O4. The molecule has 6 nitrogen and oxygen atoms in total. The average molecular weight is 853 g/mol. The zero-order chi connectivity index (χ0) is 43.5. The Labute approximate surface area is 397 Å². The van der Waals surface area contributed by atoms with Crippen molar-refractivity contribution >= 4 is 49.7 Å². The molecule has 4 atom stereocenters. The minimum Gasteiger partial charge on any atom is -0.549 e. The summed E-state index contributed by atoms with van der Waals surface area (Å²) in [5.74, 6) is 0.401. The molecule has 0 heterocycles. The van der Waals surface area contributed by atoms with Gasteiger partial charge in [0.2, 0.25) is 0 Å². The molecule has 0 spiro atoms. The monoisotopic (exact) mass is 853 g/mol. The van der Waals surface area contributed by atoms with Gasteiger partial charge in [0.1, 0.15) is 0 Å². The number of allylic oxidation sites excluding steroid dienone is 8. The van der Waals surface area contributed by atoms with Gasteiger partial charge in [-0.15, -0.1) is 0 Å². The Morgan fingerprint density at radius 2 is 0.593 bits per heavy atom. The van der Waals surface area contributed by atoms with Crippen LogP contribution in [0.4, 0.5) is 0 Å². The Morgan fingerprint density at radius 3 is 0.763 bits per heavy atom. The molecule has 0 aliphatic rings. The zero-order valence-corrected chi connectivity index (χ0v) is 42.6. The first kappa shape index (κ1) is 62.4. The van der Waals surface area contributed by atoms with E-state index in [-0.39, 0.29) is 50.8 Å². The SMILES string of the molecule is CCC/C=C/CCCC(CC)CN(CC(=O)[O-])CC(CC)CCC/C=C/CCC.CCC/C=C/CCCC(CC)CN(CC(=O)[O-])CC(CC)CCC/C=C/CCC.[Ca+2]. The predicted molar refractivity (Wildman–Crippen MR) is 255 cm³/mol. The van der Waals surface area contributed by atoms with Gasteiger partial charge in [-0.25, -0.2) is 0 Å². The fraction of sp³-hybridized carbons (Fsp3) is 0.808. The summed E-state index contributed by atoms with van der Waals surface area (Å²) >= 11 is 0. The smallest absolute Gasteiger partial charge is 0.549 e. The third-order valence-corrected chi connectivity index (χ3v) is 11.5. The van der Waals surface area contributed by atoms with Crippen molar-refractivity contribution in [1.82, 2.24) is 9.80 Å². The maximum absolute atomic E-state index is 11.3. The largest absolute Gasteiger partial charge is 2.00 e. The van der Waals surface area contributed by atoms with Crippen LogP contribution in [0.25, 0.3) is 0 Å². The minimum absolute atomic E-state index is 0. The van der Waals surface area contributed by atoms with Crippen LogP contribution in [0.2, 0.25) is 0 Å². The molecule has 340 valence electrons. The van der Waals surface area contributed by atoms with Gasteiger partial charge >= 0.3 is 37.7 Å². The summed E-state index contributed by atoms with van der Waals surface area (Å²) in [4.78, 5) is 26.9. The predicted octanol–water partition coefficient (Wildman–Crippen LogP) is 11.9. The second kappa shape index (κ2) is 48.1. The standard InChI is InChI=1S/2C26H49NO2.Ca/c2*1-5-9-11-13-15-17-19-24(7-3)21-27(23-26(28)29)22-25(8-4)20-18-16-14-12-10-6-2;/h2*11-14,24-25H,5-10,15-23H2,1-4H3,(H,28,29);/q;;+2/p-2/b2*13-11+,14-12+;. The van der Waals surface area contributed by atoms with Crippen LogP contribution in [0, 0.1) is 23.7 Å². The third-order valence-electron chi connectivity index (χ3n) is 11.5. The number of carboxylic acids is 2. The van der Waals surface area contributed by atoms with Crippen molar-refractivity contribution in [2.24, 2.45) is 23.7 Å². The van der Waals surface area contributed by atoms with Crippen LogP contribution in [-0.2, 0) is 9.59 Å². The van der Waals surface area contributed by atoms with Crippen LogP contribution in [0.5, 0.6) is 0 Å². The van der Waals surface area contributed by atoms with E-state index in [4.69, 9.17) is 0 Å². The number of hydrogen-bond acceptors (Lipinski definition) is 6. The van der Waals surface area contributed by atoms with Crippen LogP contribution in [0.3, 0.4) is 0 Å². The van der Waals surface area contributed by atoms with Gasteiger partial charge in [-0.3, -0.25) is 9.80 Å². The molecule has 0 aliphatic heterocycles. The molecule has 0 aromatic rings. The average Bonchev–Trinajstić information content (AvgIpc) is 3.20. The molecule has 7 heteroatoms. The van der Waals surface area contributed by atoms with Crippen molar-refractivity contribution in [2.75, 3.05) is 39.3 Å². The van der Waals surface area contributed by atoms with Gasteiger partial charge in [0, 0.05) is 39.3 Å². The Bertz CT molecular complexity index is 884. The Balaban J connectivity index is -0.00000105. The molecule has 0 radical (unpaired) electrons. The summed E-state index contributed by atoms with van der Waals surface area (Å²) in [6, 6.07) is 0. The molecule has 59 heavy (non-hydrogen) atoms. The molecule has 4 unspecified atom stereocenters. The quantitative estimate of drug-likeness (QED) is 0.0347. The van der Waals surface area contributed by atoms with E-state index < -0.39 is 11.9 Å². The topological polar surface area (TPSA) is 86.7 Å². The summed E-state index contributed by atoms with van der Waals surface area (Å²) < 4.78 is 0. The molecule has 0 N–H and O–H groups in total. The van der Waals surface area contributed by atoms with Crippen molar-refractivity contribution in [3.05, 3.63) is 48.6 Å². The van der Waals surface area contributed by atoms with Crippen molar-refractivity contribution in [1.29, 1.82) is 0 Å². The van der Waals surface area contributed by atoms with Crippen LogP contribution in [0.1, 0.15) is 209 Å². The summed E-state index contributed by atoms with van der Waals surface area (Å²) in [5.41, 5.74) is 0. The second-order valence-electron chi connectivity index (χ2n) is 17.0. The van der Waals surface area contributed by atoms with E-state index in [1.807, 2.05) is 0 Å². The Hall–Kier alpha value is -0.920. The number of hydrogen-bond donors (Lipinski definition) is 0. The number of rotatable bonds is 40. The van der Waals surface area contributed by atoms with Gasteiger partial charge in [-0.1, -0.05) is 155 Å². The maximum Gasteiger partial charge on any atom is 2.00 e. The maximum atomic E-state index is 11.3. The van der Waals surface area contributed by atoms with Gasteiger partial charge in [0.05, 0.1) is 11.9 Å². The van der Waals surface area contributed by atoms with Crippen molar-refractivity contribution in [3.63, 3.8) is 0 Å². The molecule has 0 aromatic carbocycles. The molecule has 0 aliphatic carbocycles. The molecular weight excluding hydrogens is 757 g/mol. The Morgan fingerprint density at radius 1 is 0.390 bits per heavy atom. The van der Waals surface area contributed by atoms with E-state index in [2.05, 4.69) is 114 Å². The van der Waals surface area contributed by atoms with E-state index in [0.29, 0.717) is 23.7 Å². The van der Waals surface area contributed by atoms with Crippen molar-refractivity contribution in [2.45, 2.75) is 209 Å². The molecule has 0 fully saturated rings. The van der Waals surface area contributed by atoms with Gasteiger partial charge in [0.25, 0.3) is 0 Å². The summed E-state index contributed by atoms with van der Waals surface area (Å²) in [5, 5.41) is 22.6. The first-order chi connectivity index (χ1) is 28.1. The Kier molecular flexibility index (Phi) is 50.9. The van der Waals surface area contributed by atoms with Crippen LogP contribution < -0.4 is 10.2 Å². The molecule has 0 saturated heterocycles. The van der Waals surface area contributed by atoms with Crippen LogP contribution in [-0.4, -0.2) is 98.7 Å². The normalized spacial score (nSPS) is 14.0. The molecule has 0 rings (SSSR count). The van der Waals surface area contributed by atoms with E-state index in [0.717, 1.165) is 77.5 Å². The summed E-state index contributed by atoms with van der Waals surface area (Å²) in [7, 11) is 0. The van der Waals surface area contributed by atoms with Crippen molar-refractivity contribution < 1.29 is 19.8 Å². The number of unbranched alkanes of at least 4 members (excludes halogenated alkanes) is 8. The van der Waals surface area contributed by atoms with Gasteiger partial charge < -0.3 is 19.8 Å². The van der Waals surface area contributed by atoms with E-state index >= 15 is 0 Å². The zero-order valence-electron chi connectivity index (χ0n) is 40.4. The minimum atomic E-state index is -0.945. The first-order valence-corrected chi connectivity index (χ1v) is 24.6. The number of carbonyl (C=O) groups excluding carboxylic acids is 2. The van der Waals surface area contributed by atoms with E-state index in [1.165, 1.54) is 103 Å². The van der Waals surface area contributed by atoms with Crippen molar-refractivity contribution in [3.8, 4) is 0 Å². The van der Waals surface area contributed by atoms with E-state index in [9.17, 15) is 19.8 Å². The molecule has 0 bridgehead atoms. The molecule has 0 saturated carbocycles. The summed E-state index contributed by atoms with van der Waals surface area (Å²) in [6.07, 6.45) is 46.3. The van der Waals surface area contributed by atoms with Gasteiger partial charge in [0.15, 0.2) is 0 Å². The number of aliphatic carboxylic acids is 2. The molecule has 0 aromatic heterocycles. The second-order valence-corrected chi connectivity index (χ2v) is 17.0. The third kappa shape index (κ3) is 43.5. The van der Waals surface area contributed by atoms with E-state index in [1.54, 1.807) is 0 Å². The fourth-order valence-electron chi connectivity index (χ4n) is 7.64. The van der Waals surface area contributed by atoms with Gasteiger partial charge in [-0.05, 0) is 126 Å². The summed E-state index contributed by atoms with van der Waals surface area (Å²) in [6.45, 7) is 21.4. The van der Waals surface area contributed by atoms with Crippen LogP contribution in [0.15, 0.2) is 48.6 Å².